The van der Waals surface area contributed by atoms with Crippen molar-refractivity contribution in [2.45, 2.75) is 19.9 Å². The Labute approximate surface area is 94.7 Å². The maximum atomic E-state index is 11.1. The molecule has 0 spiro atoms. The van der Waals surface area contributed by atoms with Crippen LogP contribution in [0, 0.1) is 0 Å². The number of aryl methyl sites for hydroxylation is 2. The summed E-state index contributed by atoms with van der Waals surface area (Å²) < 4.78 is 1.95. The minimum Gasteiger partial charge on any atom is -0.336 e. The minimum atomic E-state index is 0.0125. The van der Waals surface area contributed by atoms with E-state index in [2.05, 4.69) is 17.1 Å². The molecule has 3 nitrogen and oxygen atoms in total. The summed E-state index contributed by atoms with van der Waals surface area (Å²) in [7, 11) is 0. The molecule has 0 N–H and O–H groups in total. The van der Waals surface area contributed by atoms with Crippen molar-refractivity contribution < 1.29 is 4.79 Å². The van der Waals surface area contributed by atoms with Crippen molar-refractivity contribution in [3.8, 4) is 0 Å². The molecule has 0 aliphatic carbocycles. The molecule has 0 bridgehead atoms. The van der Waals surface area contributed by atoms with Gasteiger partial charge in [0.15, 0.2) is 5.78 Å². The Kier molecular flexibility index (Phi) is 3.15. The van der Waals surface area contributed by atoms with E-state index in [1.54, 1.807) is 12.5 Å². The molecular weight excluding hydrogens is 200 g/mol. The SMILES string of the molecule is CC(=O)c1cn(CCc2ccccc2)cn1. The van der Waals surface area contributed by atoms with Gasteiger partial charge in [0, 0.05) is 19.7 Å². The third-order valence-electron chi connectivity index (χ3n) is 2.50. The molecule has 0 amide bonds. The molecule has 0 aliphatic heterocycles. The Bertz CT molecular complexity index is 474. The van der Waals surface area contributed by atoms with Gasteiger partial charge in [-0.2, -0.15) is 0 Å². The molecule has 0 saturated heterocycles. The summed E-state index contributed by atoms with van der Waals surface area (Å²) in [5.74, 6) is 0.0125. The van der Waals surface area contributed by atoms with Gasteiger partial charge in [0.25, 0.3) is 0 Å². The molecule has 2 aromatic rings. The van der Waals surface area contributed by atoms with Crippen molar-refractivity contribution in [2.24, 2.45) is 0 Å². The van der Waals surface area contributed by atoms with Crippen LogP contribution >= 0.6 is 0 Å². The summed E-state index contributed by atoms with van der Waals surface area (Å²) in [6.07, 6.45) is 4.46. The van der Waals surface area contributed by atoms with Crippen LogP contribution in [-0.2, 0) is 13.0 Å². The van der Waals surface area contributed by atoms with Gasteiger partial charge in [0.1, 0.15) is 5.69 Å². The van der Waals surface area contributed by atoms with Gasteiger partial charge >= 0.3 is 0 Å². The van der Waals surface area contributed by atoms with Gasteiger partial charge in [-0.1, -0.05) is 30.3 Å². The number of carbonyl (C=O) groups is 1. The molecular formula is C13H14N2O. The molecule has 0 fully saturated rings. The van der Waals surface area contributed by atoms with Crippen LogP contribution in [0.3, 0.4) is 0 Å². The smallest absolute Gasteiger partial charge is 0.179 e. The highest BCUT2D eigenvalue weighted by Gasteiger charge is 2.02. The standard InChI is InChI=1S/C13H14N2O/c1-11(16)13-9-15(10-14-13)8-7-12-5-3-2-4-6-12/h2-6,9-10H,7-8H2,1H3. The first-order valence-corrected chi connectivity index (χ1v) is 5.32. The first-order chi connectivity index (χ1) is 7.75. The van der Waals surface area contributed by atoms with Crippen LogP contribution in [0.1, 0.15) is 23.0 Å². The maximum absolute atomic E-state index is 11.1. The molecule has 0 aliphatic rings. The van der Waals surface area contributed by atoms with Crippen LogP contribution in [0.5, 0.6) is 0 Å². The highest BCUT2D eigenvalue weighted by atomic mass is 16.1. The molecule has 0 unspecified atom stereocenters. The van der Waals surface area contributed by atoms with Crippen molar-refractivity contribution in [1.82, 2.24) is 9.55 Å². The highest BCUT2D eigenvalue weighted by molar-refractivity contribution is 5.91. The van der Waals surface area contributed by atoms with Gasteiger partial charge in [-0.25, -0.2) is 4.98 Å². The van der Waals surface area contributed by atoms with Gasteiger partial charge in [-0.15, -0.1) is 0 Å². The van der Waals surface area contributed by atoms with E-state index in [0.717, 1.165) is 13.0 Å². The second-order valence-electron chi connectivity index (χ2n) is 3.79. The predicted molar refractivity (Wildman–Crippen MR) is 62.4 cm³/mol. The summed E-state index contributed by atoms with van der Waals surface area (Å²) in [6.45, 7) is 2.38. The fraction of sp³-hybridized carbons (Fsp3) is 0.231. The Morgan fingerprint density at radius 3 is 2.69 bits per heavy atom. The maximum Gasteiger partial charge on any atom is 0.179 e. The molecule has 0 radical (unpaired) electrons. The lowest BCUT2D eigenvalue weighted by atomic mass is 10.1. The van der Waals surface area contributed by atoms with Crippen molar-refractivity contribution in [2.75, 3.05) is 0 Å². The number of rotatable bonds is 4. The van der Waals surface area contributed by atoms with E-state index in [-0.39, 0.29) is 5.78 Å². The molecule has 0 atom stereocenters. The number of Topliss-reactive ketones (excluding diaryl/α,β-unsaturated/α-hetero) is 1. The predicted octanol–water partition coefficient (Wildman–Crippen LogP) is 2.33. The second-order valence-corrected chi connectivity index (χ2v) is 3.79. The molecule has 0 saturated carbocycles. The van der Waals surface area contributed by atoms with Gasteiger partial charge in [0.05, 0.1) is 6.33 Å². The van der Waals surface area contributed by atoms with Crippen LogP contribution in [0.15, 0.2) is 42.9 Å². The van der Waals surface area contributed by atoms with E-state index in [0.29, 0.717) is 5.69 Å². The zero-order valence-corrected chi connectivity index (χ0v) is 9.26. The number of benzene rings is 1. The number of carbonyl (C=O) groups excluding carboxylic acids is 1. The van der Waals surface area contributed by atoms with E-state index in [9.17, 15) is 4.79 Å². The summed E-state index contributed by atoms with van der Waals surface area (Å²) in [4.78, 5) is 15.1. The zero-order chi connectivity index (χ0) is 11.4. The van der Waals surface area contributed by atoms with E-state index in [4.69, 9.17) is 0 Å². The van der Waals surface area contributed by atoms with Crippen LogP contribution in [0.25, 0.3) is 0 Å². The van der Waals surface area contributed by atoms with Crippen molar-refractivity contribution >= 4 is 5.78 Å². The van der Waals surface area contributed by atoms with Crippen molar-refractivity contribution in [3.05, 3.63) is 54.1 Å². The molecule has 82 valence electrons. The molecule has 3 heteroatoms. The van der Waals surface area contributed by atoms with Crippen LogP contribution in [0.2, 0.25) is 0 Å². The average Bonchev–Trinajstić information content (AvgIpc) is 2.76. The third-order valence-corrected chi connectivity index (χ3v) is 2.50. The van der Waals surface area contributed by atoms with E-state index >= 15 is 0 Å². The summed E-state index contributed by atoms with van der Waals surface area (Å²) >= 11 is 0. The number of hydrogen-bond donors (Lipinski definition) is 0. The normalized spacial score (nSPS) is 10.3. The number of ketones is 1. The topological polar surface area (TPSA) is 34.9 Å². The van der Waals surface area contributed by atoms with E-state index in [1.165, 1.54) is 12.5 Å². The summed E-state index contributed by atoms with van der Waals surface area (Å²) in [5, 5.41) is 0. The lowest BCUT2D eigenvalue weighted by Crippen LogP contribution is -1.98. The van der Waals surface area contributed by atoms with Crippen molar-refractivity contribution in [3.63, 3.8) is 0 Å². The Balaban J connectivity index is 1.97. The van der Waals surface area contributed by atoms with Crippen LogP contribution < -0.4 is 0 Å². The summed E-state index contributed by atoms with van der Waals surface area (Å²) in [6, 6.07) is 10.3. The average molecular weight is 214 g/mol. The molecule has 16 heavy (non-hydrogen) atoms. The molecule has 2 rings (SSSR count). The van der Waals surface area contributed by atoms with Gasteiger partial charge in [-0.3, -0.25) is 4.79 Å². The zero-order valence-electron chi connectivity index (χ0n) is 9.26. The van der Waals surface area contributed by atoms with E-state index in [1.807, 2.05) is 22.8 Å². The summed E-state index contributed by atoms with van der Waals surface area (Å²) in [5.41, 5.74) is 1.83. The fourth-order valence-corrected chi connectivity index (χ4v) is 1.57. The van der Waals surface area contributed by atoms with Gasteiger partial charge in [0.2, 0.25) is 0 Å². The van der Waals surface area contributed by atoms with Gasteiger partial charge in [-0.05, 0) is 12.0 Å². The number of imidazole rings is 1. The Hall–Kier alpha value is -1.90. The lowest BCUT2D eigenvalue weighted by Gasteiger charge is -2.01. The third kappa shape index (κ3) is 2.57. The fourth-order valence-electron chi connectivity index (χ4n) is 1.57. The number of nitrogens with zero attached hydrogens (tertiary/aromatic N) is 2. The molecule has 1 aromatic carbocycles. The minimum absolute atomic E-state index is 0.0125. The largest absolute Gasteiger partial charge is 0.336 e. The quantitative estimate of drug-likeness (QED) is 0.732. The monoisotopic (exact) mass is 214 g/mol. The first kappa shape index (κ1) is 10.6. The van der Waals surface area contributed by atoms with Crippen LogP contribution in [0.4, 0.5) is 0 Å². The highest BCUT2D eigenvalue weighted by Crippen LogP contribution is 2.03. The van der Waals surface area contributed by atoms with Crippen LogP contribution in [-0.4, -0.2) is 15.3 Å². The van der Waals surface area contributed by atoms with E-state index < -0.39 is 0 Å². The Morgan fingerprint density at radius 1 is 1.31 bits per heavy atom. The second kappa shape index (κ2) is 4.75. The molecule has 1 heterocycles. The Morgan fingerprint density at radius 2 is 2.06 bits per heavy atom. The molecule has 1 aromatic heterocycles. The lowest BCUT2D eigenvalue weighted by molar-refractivity contribution is 0.101. The van der Waals surface area contributed by atoms with Crippen molar-refractivity contribution in [1.29, 1.82) is 0 Å². The first-order valence-electron chi connectivity index (χ1n) is 5.32. The number of hydrogen-bond acceptors (Lipinski definition) is 2. The van der Waals surface area contributed by atoms with Gasteiger partial charge < -0.3 is 4.57 Å². The number of aromatic nitrogens is 2.